The predicted molar refractivity (Wildman–Crippen MR) is 80.7 cm³/mol. The molecule has 1 aliphatic heterocycles. The molecule has 1 saturated heterocycles. The Morgan fingerprint density at radius 3 is 2.95 bits per heavy atom. The minimum Gasteiger partial charge on any atom is -0.361 e. The van der Waals surface area contributed by atoms with Gasteiger partial charge in [0.2, 0.25) is 5.91 Å². The summed E-state index contributed by atoms with van der Waals surface area (Å²) in [5, 5.41) is 1.16. The Hall–Kier alpha value is -1.81. The largest absolute Gasteiger partial charge is 0.361 e. The van der Waals surface area contributed by atoms with Crippen LogP contribution < -0.4 is 0 Å². The average Bonchev–Trinajstić information content (AvgIpc) is 2.85. The van der Waals surface area contributed by atoms with Gasteiger partial charge in [0.25, 0.3) is 0 Å². The zero-order valence-corrected chi connectivity index (χ0v) is 12.1. The number of piperazine rings is 1. The lowest BCUT2D eigenvalue weighted by Gasteiger charge is -2.37. The van der Waals surface area contributed by atoms with Crippen molar-refractivity contribution in [2.24, 2.45) is 0 Å². The topological polar surface area (TPSA) is 39.3 Å². The van der Waals surface area contributed by atoms with Gasteiger partial charge in [0.05, 0.1) is 6.42 Å². The Morgan fingerprint density at radius 2 is 2.15 bits per heavy atom. The van der Waals surface area contributed by atoms with Crippen LogP contribution in [0.25, 0.3) is 10.9 Å². The molecule has 1 amide bonds. The third kappa shape index (κ3) is 2.43. The van der Waals surface area contributed by atoms with Crippen LogP contribution in [0.15, 0.2) is 30.5 Å². The zero-order chi connectivity index (χ0) is 14.1. The lowest BCUT2D eigenvalue weighted by molar-refractivity contribution is -0.133. The fourth-order valence-electron chi connectivity index (χ4n) is 2.83. The maximum atomic E-state index is 12.5. The number of hydrogen-bond donors (Lipinski definition) is 1. The Bertz CT molecular complexity index is 619. The van der Waals surface area contributed by atoms with Crippen molar-refractivity contribution in [3.63, 3.8) is 0 Å². The molecular formula is C16H21N3O. The summed E-state index contributed by atoms with van der Waals surface area (Å²) in [5.74, 6) is 0.231. The van der Waals surface area contributed by atoms with E-state index < -0.39 is 0 Å². The van der Waals surface area contributed by atoms with Crippen LogP contribution in [0.3, 0.4) is 0 Å². The molecule has 3 rings (SSSR count). The third-order valence-electron chi connectivity index (χ3n) is 4.33. The van der Waals surface area contributed by atoms with Crippen LogP contribution in [-0.4, -0.2) is 53.4 Å². The van der Waals surface area contributed by atoms with Gasteiger partial charge in [-0.3, -0.25) is 4.79 Å². The number of rotatable bonds is 2. The molecular weight excluding hydrogens is 250 g/mol. The summed E-state index contributed by atoms with van der Waals surface area (Å²) in [5.41, 5.74) is 2.19. The highest BCUT2D eigenvalue weighted by molar-refractivity contribution is 5.88. The molecule has 0 radical (unpaired) electrons. The quantitative estimate of drug-likeness (QED) is 0.905. The minimum absolute atomic E-state index is 0.231. The van der Waals surface area contributed by atoms with Crippen molar-refractivity contribution >= 4 is 16.8 Å². The summed E-state index contributed by atoms with van der Waals surface area (Å²) in [7, 11) is 2.12. The van der Waals surface area contributed by atoms with E-state index in [4.69, 9.17) is 0 Å². The summed E-state index contributed by atoms with van der Waals surface area (Å²) >= 11 is 0. The van der Waals surface area contributed by atoms with Gasteiger partial charge in [-0.1, -0.05) is 18.2 Å². The number of benzene rings is 1. The van der Waals surface area contributed by atoms with Crippen molar-refractivity contribution in [3.8, 4) is 0 Å². The Balaban J connectivity index is 1.73. The smallest absolute Gasteiger partial charge is 0.227 e. The summed E-state index contributed by atoms with van der Waals surface area (Å²) in [6.45, 7) is 4.80. The van der Waals surface area contributed by atoms with Crippen molar-refractivity contribution < 1.29 is 4.79 Å². The van der Waals surface area contributed by atoms with Crippen LogP contribution in [0.1, 0.15) is 12.5 Å². The summed E-state index contributed by atoms with van der Waals surface area (Å²) in [6.07, 6.45) is 2.45. The van der Waals surface area contributed by atoms with Crippen molar-refractivity contribution in [2.75, 3.05) is 26.7 Å². The molecule has 0 saturated carbocycles. The van der Waals surface area contributed by atoms with Crippen LogP contribution in [0, 0.1) is 0 Å². The van der Waals surface area contributed by atoms with Crippen molar-refractivity contribution in [1.29, 1.82) is 0 Å². The molecule has 1 fully saturated rings. The van der Waals surface area contributed by atoms with Crippen LogP contribution in [-0.2, 0) is 11.2 Å². The van der Waals surface area contributed by atoms with Gasteiger partial charge in [-0.15, -0.1) is 0 Å². The minimum atomic E-state index is 0.231. The maximum absolute atomic E-state index is 12.5. The molecule has 0 aliphatic carbocycles. The van der Waals surface area contributed by atoms with E-state index in [0.717, 1.165) is 36.1 Å². The number of para-hydroxylation sites is 1. The van der Waals surface area contributed by atoms with Gasteiger partial charge >= 0.3 is 0 Å². The van der Waals surface area contributed by atoms with Gasteiger partial charge < -0.3 is 14.8 Å². The lowest BCUT2D eigenvalue weighted by Crippen LogP contribution is -2.52. The van der Waals surface area contributed by atoms with E-state index in [-0.39, 0.29) is 5.91 Å². The van der Waals surface area contributed by atoms with Crippen LogP contribution >= 0.6 is 0 Å². The molecule has 2 aromatic rings. The van der Waals surface area contributed by atoms with E-state index in [1.165, 1.54) is 0 Å². The molecule has 1 aromatic heterocycles. The molecule has 1 unspecified atom stereocenters. The molecule has 4 heteroatoms. The Morgan fingerprint density at radius 1 is 1.35 bits per heavy atom. The van der Waals surface area contributed by atoms with E-state index in [1.54, 1.807) is 0 Å². The number of amides is 1. The molecule has 1 N–H and O–H groups in total. The van der Waals surface area contributed by atoms with Gasteiger partial charge in [0, 0.05) is 42.8 Å². The number of aromatic amines is 1. The number of fused-ring (bicyclic) bond motifs is 1. The Labute approximate surface area is 119 Å². The zero-order valence-electron chi connectivity index (χ0n) is 12.1. The van der Waals surface area contributed by atoms with Crippen molar-refractivity contribution in [3.05, 3.63) is 36.0 Å². The van der Waals surface area contributed by atoms with Gasteiger partial charge in [0.1, 0.15) is 0 Å². The van der Waals surface area contributed by atoms with Gasteiger partial charge in [-0.2, -0.15) is 0 Å². The van der Waals surface area contributed by atoms with Crippen LogP contribution in [0.5, 0.6) is 0 Å². The summed E-state index contributed by atoms with van der Waals surface area (Å²) < 4.78 is 0. The highest BCUT2D eigenvalue weighted by Crippen LogP contribution is 2.19. The molecule has 0 spiro atoms. The van der Waals surface area contributed by atoms with E-state index >= 15 is 0 Å². The van der Waals surface area contributed by atoms with E-state index in [9.17, 15) is 4.79 Å². The first kappa shape index (κ1) is 13.2. The van der Waals surface area contributed by atoms with Crippen molar-refractivity contribution in [1.82, 2.24) is 14.8 Å². The molecule has 20 heavy (non-hydrogen) atoms. The molecule has 1 atom stereocenters. The fourth-order valence-corrected chi connectivity index (χ4v) is 2.83. The summed E-state index contributed by atoms with van der Waals surface area (Å²) in [4.78, 5) is 20.0. The molecule has 4 nitrogen and oxygen atoms in total. The van der Waals surface area contributed by atoms with Gasteiger partial charge in [-0.05, 0) is 25.6 Å². The van der Waals surface area contributed by atoms with E-state index in [1.807, 2.05) is 29.3 Å². The lowest BCUT2D eigenvalue weighted by atomic mass is 10.1. The van der Waals surface area contributed by atoms with Gasteiger partial charge in [0.15, 0.2) is 0 Å². The number of nitrogens with zero attached hydrogens (tertiary/aromatic N) is 2. The number of hydrogen-bond acceptors (Lipinski definition) is 2. The predicted octanol–water partition coefficient (Wildman–Crippen LogP) is 1.87. The number of likely N-dealkylation sites (N-methyl/N-ethyl adjacent to an activating group) is 1. The molecule has 0 bridgehead atoms. The van der Waals surface area contributed by atoms with E-state index in [0.29, 0.717) is 12.5 Å². The first-order valence-corrected chi connectivity index (χ1v) is 7.18. The highest BCUT2D eigenvalue weighted by Gasteiger charge is 2.24. The maximum Gasteiger partial charge on any atom is 0.227 e. The number of carbonyl (C=O) groups is 1. The van der Waals surface area contributed by atoms with E-state index in [2.05, 4.69) is 29.9 Å². The Kier molecular flexibility index (Phi) is 3.49. The number of carbonyl (C=O) groups excluding carboxylic acids is 1. The molecule has 1 aliphatic rings. The second-order valence-corrected chi connectivity index (χ2v) is 5.71. The standard InChI is InChI=1S/C16H21N3O/c1-12-11-19(8-7-18(12)2)16(20)9-13-10-17-15-6-4-3-5-14(13)15/h3-6,10,12,17H,7-9,11H2,1-2H3. The second-order valence-electron chi connectivity index (χ2n) is 5.71. The highest BCUT2D eigenvalue weighted by atomic mass is 16.2. The number of H-pyrrole nitrogens is 1. The molecule has 1 aromatic carbocycles. The normalized spacial score (nSPS) is 20.5. The number of nitrogens with one attached hydrogen (secondary N) is 1. The monoisotopic (exact) mass is 271 g/mol. The molecule has 106 valence electrons. The number of aromatic nitrogens is 1. The second kappa shape index (κ2) is 5.29. The van der Waals surface area contributed by atoms with Crippen LogP contribution in [0.4, 0.5) is 0 Å². The van der Waals surface area contributed by atoms with Gasteiger partial charge in [-0.25, -0.2) is 0 Å². The first-order valence-electron chi connectivity index (χ1n) is 7.18. The SMILES string of the molecule is CC1CN(C(=O)Cc2c[nH]c3ccccc23)CCN1C. The first-order chi connectivity index (χ1) is 9.65. The average molecular weight is 271 g/mol. The van der Waals surface area contributed by atoms with Crippen molar-refractivity contribution in [2.45, 2.75) is 19.4 Å². The summed E-state index contributed by atoms with van der Waals surface area (Å²) in [6, 6.07) is 8.58. The molecule has 2 heterocycles. The third-order valence-corrected chi connectivity index (χ3v) is 4.33. The van der Waals surface area contributed by atoms with Crippen LogP contribution in [0.2, 0.25) is 0 Å². The fraction of sp³-hybridized carbons (Fsp3) is 0.438.